The topological polar surface area (TPSA) is 383 Å². The normalized spacial score (nSPS) is 18.3. The number of nitrogens with one attached hydrogen (secondary N) is 9. The van der Waals surface area contributed by atoms with E-state index in [9.17, 15) is 63.0 Å². The first-order chi connectivity index (χ1) is 29.3. The van der Waals surface area contributed by atoms with Crippen LogP contribution in [0.1, 0.15) is 90.9 Å². The fraction of sp³-hybridized carbons (Fsp3) is 0.703. The van der Waals surface area contributed by atoms with Gasteiger partial charge in [0.15, 0.2) is 0 Å². The predicted octanol–water partition coefficient (Wildman–Crippen LogP) is -2.93. The Bertz CT molecular complexity index is 1630. The van der Waals surface area contributed by atoms with Gasteiger partial charge < -0.3 is 58.5 Å². The van der Waals surface area contributed by atoms with E-state index in [1.54, 1.807) is 13.8 Å². The lowest BCUT2D eigenvalue weighted by molar-refractivity contribution is -0.143. The Balaban J connectivity index is 1.78. The molecule has 348 valence electrons. The molecule has 0 radical (unpaired) electrons. The Morgan fingerprint density at radius 2 is 1.40 bits per heavy atom. The fourth-order valence-corrected chi connectivity index (χ4v) is 8.21. The van der Waals surface area contributed by atoms with Crippen molar-refractivity contribution in [1.29, 1.82) is 0 Å². The summed E-state index contributed by atoms with van der Waals surface area (Å²) in [5.74, 6) is -10.2. The number of hydroxylamine groups is 1. The third kappa shape index (κ3) is 20.2. The number of carboxylic acids is 2. The molecule has 0 saturated carbocycles. The standard InChI is InChI=1S/C37H60N10O14S/c1-19(2)13-23(44-34(57)20(15-31(54)55)14-27(49)47-61)36(59)43-22(10-11-30(52)53)35(58)41-16-28(50)40-17-29(51)42-21(33(38)56)7-5-6-12-39-26(48)9-4-3-8-25-32-24(18-62-25)45-37(60)46-32/h19-25,32,61H,3-18H2,1-2H3,(H2,38,56)(H,39,48)(H,40,50)(H,41,58)(H,42,51)(H,43,59)(H,44,57)(H,47,49)(H,52,53)(H,54,55)(H2,45,46,60)/t20?,21-,22-,23-,24-,25-,32-/m0/s1. The van der Waals surface area contributed by atoms with E-state index in [2.05, 4.69) is 42.5 Å². The zero-order valence-corrected chi connectivity index (χ0v) is 35.6. The Morgan fingerprint density at radius 3 is 2.05 bits per heavy atom. The van der Waals surface area contributed by atoms with Gasteiger partial charge in [-0.1, -0.05) is 20.3 Å². The van der Waals surface area contributed by atoms with E-state index in [4.69, 9.17) is 10.9 Å². The molecule has 14 N–H and O–H groups in total. The van der Waals surface area contributed by atoms with Crippen molar-refractivity contribution in [1.82, 2.24) is 48.0 Å². The number of hydrogen-bond acceptors (Lipinski definition) is 13. The fourth-order valence-electron chi connectivity index (χ4n) is 6.67. The SMILES string of the molecule is CC(C)C[C@H](NC(=O)C(CC(=O)O)CC(=O)NO)C(=O)N[C@@H](CCC(=O)O)C(=O)NCC(=O)NCC(=O)N[C@@H](CCCCNC(=O)CCCC[C@@H]1SC[C@@H]2NC(=O)N[C@@H]21)C(N)=O. The molecule has 0 bridgehead atoms. The molecule has 2 aliphatic rings. The van der Waals surface area contributed by atoms with Crippen molar-refractivity contribution >= 4 is 77.0 Å². The van der Waals surface area contributed by atoms with Gasteiger partial charge in [-0.2, -0.15) is 11.8 Å². The number of unbranched alkanes of at least 4 members (excludes halogenated alkanes) is 2. The number of aliphatic carboxylic acids is 2. The molecule has 2 saturated heterocycles. The molecule has 0 aliphatic carbocycles. The van der Waals surface area contributed by atoms with Crippen LogP contribution in [-0.2, 0) is 47.9 Å². The molecule has 2 aliphatic heterocycles. The van der Waals surface area contributed by atoms with Crippen LogP contribution in [0.15, 0.2) is 0 Å². The molecule has 7 atom stereocenters. The van der Waals surface area contributed by atoms with Gasteiger partial charge in [0.1, 0.15) is 18.1 Å². The average Bonchev–Trinajstić information content (AvgIpc) is 3.76. The Morgan fingerprint density at radius 1 is 0.710 bits per heavy atom. The molecule has 0 aromatic rings. The van der Waals surface area contributed by atoms with E-state index in [0.717, 1.165) is 18.6 Å². The van der Waals surface area contributed by atoms with Crippen LogP contribution in [0.4, 0.5) is 4.79 Å². The highest BCUT2D eigenvalue weighted by Crippen LogP contribution is 2.33. The van der Waals surface area contributed by atoms with Crippen molar-refractivity contribution < 1.29 is 68.2 Å². The van der Waals surface area contributed by atoms with Crippen molar-refractivity contribution in [2.24, 2.45) is 17.6 Å². The molecule has 0 aromatic heterocycles. The van der Waals surface area contributed by atoms with Crippen LogP contribution in [0.25, 0.3) is 0 Å². The first-order valence-corrected chi connectivity index (χ1v) is 21.4. The number of nitrogens with two attached hydrogens (primary N) is 1. The maximum absolute atomic E-state index is 13.3. The van der Waals surface area contributed by atoms with Crippen molar-refractivity contribution in [2.75, 3.05) is 25.4 Å². The highest BCUT2D eigenvalue weighted by molar-refractivity contribution is 8.00. The summed E-state index contributed by atoms with van der Waals surface area (Å²) < 4.78 is 0. The molecule has 10 amide bonds. The van der Waals surface area contributed by atoms with Gasteiger partial charge in [0.05, 0.1) is 37.5 Å². The number of fused-ring (bicyclic) bond motifs is 1. The second kappa shape index (κ2) is 27.3. The summed E-state index contributed by atoms with van der Waals surface area (Å²) in [6.45, 7) is 2.40. The first-order valence-electron chi connectivity index (χ1n) is 20.3. The molecular formula is C37H60N10O14S. The minimum atomic E-state index is -1.53. The minimum absolute atomic E-state index is 0.0269. The summed E-state index contributed by atoms with van der Waals surface area (Å²) >= 11 is 1.82. The molecule has 0 spiro atoms. The van der Waals surface area contributed by atoms with Crippen LogP contribution in [-0.4, -0.2) is 141 Å². The number of rotatable bonds is 30. The van der Waals surface area contributed by atoms with Gasteiger partial charge in [-0.05, 0) is 50.9 Å². The van der Waals surface area contributed by atoms with E-state index in [0.29, 0.717) is 37.5 Å². The summed E-state index contributed by atoms with van der Waals surface area (Å²) in [6.07, 6.45) is 1.26. The third-order valence-corrected chi connectivity index (χ3v) is 11.3. The molecule has 2 rings (SSSR count). The lowest BCUT2D eigenvalue weighted by Gasteiger charge is -2.25. The summed E-state index contributed by atoms with van der Waals surface area (Å²) in [4.78, 5) is 134. The van der Waals surface area contributed by atoms with E-state index in [-0.39, 0.29) is 42.8 Å². The largest absolute Gasteiger partial charge is 0.481 e. The monoisotopic (exact) mass is 900 g/mol. The summed E-state index contributed by atoms with van der Waals surface area (Å²) in [5.41, 5.74) is 6.74. The number of hydrogen-bond donors (Lipinski definition) is 13. The van der Waals surface area contributed by atoms with Crippen molar-refractivity contribution in [2.45, 2.75) is 126 Å². The number of urea groups is 1. The zero-order valence-electron chi connectivity index (χ0n) is 34.8. The number of primary amides is 1. The van der Waals surface area contributed by atoms with Crippen molar-refractivity contribution in [3.63, 3.8) is 0 Å². The smallest absolute Gasteiger partial charge is 0.315 e. The lowest BCUT2D eigenvalue weighted by atomic mass is 9.97. The van der Waals surface area contributed by atoms with Crippen molar-refractivity contribution in [3.05, 3.63) is 0 Å². The van der Waals surface area contributed by atoms with Gasteiger partial charge in [0, 0.05) is 36.8 Å². The summed E-state index contributed by atoms with van der Waals surface area (Å²) in [6, 6.07) is -3.85. The highest BCUT2D eigenvalue weighted by Gasteiger charge is 2.42. The maximum Gasteiger partial charge on any atom is 0.315 e. The highest BCUT2D eigenvalue weighted by atomic mass is 32.2. The first kappa shape index (κ1) is 52.4. The number of amides is 10. The molecular weight excluding hydrogens is 841 g/mol. The molecule has 62 heavy (non-hydrogen) atoms. The average molecular weight is 901 g/mol. The van der Waals surface area contributed by atoms with Crippen LogP contribution in [0, 0.1) is 11.8 Å². The predicted molar refractivity (Wildman–Crippen MR) is 218 cm³/mol. The molecule has 25 heteroatoms. The van der Waals surface area contributed by atoms with Crippen LogP contribution in [0.3, 0.4) is 0 Å². The van der Waals surface area contributed by atoms with Crippen LogP contribution in [0.5, 0.6) is 0 Å². The molecule has 2 fully saturated rings. The number of carbonyl (C=O) groups is 11. The van der Waals surface area contributed by atoms with E-state index < -0.39 is 116 Å². The Kier molecular flexibility index (Phi) is 23.1. The Hall–Kier alpha value is -5.72. The van der Waals surface area contributed by atoms with E-state index in [1.807, 2.05) is 11.8 Å². The van der Waals surface area contributed by atoms with Gasteiger partial charge in [-0.3, -0.25) is 53.2 Å². The maximum atomic E-state index is 13.3. The second-order valence-corrected chi connectivity index (χ2v) is 16.7. The van der Waals surface area contributed by atoms with E-state index in [1.165, 1.54) is 5.48 Å². The van der Waals surface area contributed by atoms with Crippen LogP contribution >= 0.6 is 11.8 Å². The molecule has 24 nitrogen and oxygen atoms in total. The van der Waals surface area contributed by atoms with Gasteiger partial charge in [0.25, 0.3) is 0 Å². The van der Waals surface area contributed by atoms with Gasteiger partial charge in [-0.15, -0.1) is 0 Å². The summed E-state index contributed by atoms with van der Waals surface area (Å²) in [7, 11) is 0. The Labute approximate surface area is 361 Å². The molecule has 2 heterocycles. The number of carbonyl (C=O) groups excluding carboxylic acids is 9. The lowest BCUT2D eigenvalue weighted by Crippen LogP contribution is -2.55. The van der Waals surface area contributed by atoms with Gasteiger partial charge >= 0.3 is 18.0 Å². The van der Waals surface area contributed by atoms with E-state index >= 15 is 0 Å². The minimum Gasteiger partial charge on any atom is -0.481 e. The van der Waals surface area contributed by atoms with Gasteiger partial charge in [-0.25, -0.2) is 10.3 Å². The van der Waals surface area contributed by atoms with Gasteiger partial charge in [0.2, 0.25) is 47.3 Å². The third-order valence-electron chi connectivity index (χ3n) is 9.84. The quantitative estimate of drug-likeness (QED) is 0.0149. The number of thioether (sulfide) groups is 1. The van der Waals surface area contributed by atoms with Crippen molar-refractivity contribution in [3.8, 4) is 0 Å². The molecule has 0 aromatic carbocycles. The molecule has 1 unspecified atom stereocenters. The van der Waals surface area contributed by atoms with Crippen LogP contribution in [0.2, 0.25) is 0 Å². The summed E-state index contributed by atoms with van der Waals surface area (Å²) in [5, 5.41) is 47.8. The van der Waals surface area contributed by atoms with Crippen LogP contribution < -0.4 is 53.7 Å². The zero-order chi connectivity index (χ0) is 46.4. The number of carboxylic acid groups (broad SMARTS) is 2. The second-order valence-electron chi connectivity index (χ2n) is 15.4.